The molecule has 0 aliphatic carbocycles. The number of nitrogens with zero attached hydrogens (tertiary/aromatic N) is 2. The van der Waals surface area contributed by atoms with Crippen molar-refractivity contribution in [2.75, 3.05) is 37.1 Å². The van der Waals surface area contributed by atoms with E-state index in [2.05, 4.69) is 0 Å². The van der Waals surface area contributed by atoms with E-state index in [1.54, 1.807) is 48.5 Å². The topological polar surface area (TPSA) is 79.3 Å². The number of hydrogen-bond donors (Lipinski definition) is 1. The first-order chi connectivity index (χ1) is 17.3. The average molecular weight is 487 g/mol. The lowest BCUT2D eigenvalue weighted by Crippen LogP contribution is -2.29. The second-order valence-electron chi connectivity index (χ2n) is 8.54. The molecule has 7 heteroatoms. The molecule has 1 amide bonds. The predicted molar refractivity (Wildman–Crippen MR) is 141 cm³/mol. The molecule has 1 atom stereocenters. The highest BCUT2D eigenvalue weighted by Gasteiger charge is 2.47. The lowest BCUT2D eigenvalue weighted by molar-refractivity contribution is -0.132. The predicted octanol–water partition coefficient (Wildman–Crippen LogP) is 5.18. The highest BCUT2D eigenvalue weighted by molar-refractivity contribution is 6.51. The Balaban J connectivity index is 1.87. The van der Waals surface area contributed by atoms with Crippen molar-refractivity contribution in [1.29, 1.82) is 0 Å². The van der Waals surface area contributed by atoms with Crippen LogP contribution in [0.25, 0.3) is 5.76 Å². The van der Waals surface area contributed by atoms with Gasteiger partial charge >= 0.3 is 0 Å². The molecule has 0 saturated carbocycles. The Morgan fingerprint density at radius 1 is 0.889 bits per heavy atom. The standard InChI is InChI=1S/C29H30N2O5/c1-5-35-23-16-12-20(13-17-23)27(32)25-26(19-10-14-21(15-11-19)30(3)4)31(29(34)28(25)33)22-8-7-9-24(18-22)36-6-2/h7-18,26,32H,5-6H2,1-4H3/b27-25+. The summed E-state index contributed by atoms with van der Waals surface area (Å²) in [5.74, 6) is -0.451. The van der Waals surface area contributed by atoms with Crippen LogP contribution in [0.4, 0.5) is 11.4 Å². The zero-order valence-electron chi connectivity index (χ0n) is 20.9. The number of ether oxygens (including phenoxy) is 2. The van der Waals surface area contributed by atoms with E-state index >= 15 is 0 Å². The Morgan fingerprint density at radius 2 is 1.53 bits per heavy atom. The molecule has 1 aliphatic heterocycles. The van der Waals surface area contributed by atoms with Gasteiger partial charge in [0.2, 0.25) is 0 Å². The maximum atomic E-state index is 13.4. The Kier molecular flexibility index (Phi) is 7.29. The first kappa shape index (κ1) is 24.9. The number of hydrogen-bond acceptors (Lipinski definition) is 6. The number of rotatable bonds is 8. The largest absolute Gasteiger partial charge is 0.507 e. The fourth-order valence-corrected chi connectivity index (χ4v) is 4.29. The lowest BCUT2D eigenvalue weighted by Gasteiger charge is -2.26. The van der Waals surface area contributed by atoms with Gasteiger partial charge in [0, 0.05) is 37.1 Å². The molecule has 1 N–H and O–H groups in total. The van der Waals surface area contributed by atoms with Crippen LogP contribution >= 0.6 is 0 Å². The Labute approximate surface area is 211 Å². The summed E-state index contributed by atoms with van der Waals surface area (Å²) in [6.45, 7) is 4.75. The van der Waals surface area contributed by atoms with E-state index in [1.165, 1.54) is 4.90 Å². The number of aliphatic hydroxyl groups is 1. The van der Waals surface area contributed by atoms with Crippen molar-refractivity contribution in [3.8, 4) is 11.5 Å². The molecule has 1 heterocycles. The Hall–Kier alpha value is -4.26. The zero-order chi connectivity index (χ0) is 25.8. The maximum Gasteiger partial charge on any atom is 0.300 e. The molecule has 1 fully saturated rings. The molecule has 36 heavy (non-hydrogen) atoms. The summed E-state index contributed by atoms with van der Waals surface area (Å²) in [6, 6.07) is 20.6. The first-order valence-corrected chi connectivity index (χ1v) is 11.9. The van der Waals surface area contributed by atoms with Crippen molar-refractivity contribution in [2.24, 2.45) is 0 Å². The van der Waals surface area contributed by atoms with Crippen LogP contribution in [-0.2, 0) is 9.59 Å². The summed E-state index contributed by atoms with van der Waals surface area (Å²) in [5, 5.41) is 11.3. The van der Waals surface area contributed by atoms with Crippen LogP contribution in [0.3, 0.4) is 0 Å². The second kappa shape index (κ2) is 10.6. The fourth-order valence-electron chi connectivity index (χ4n) is 4.29. The first-order valence-electron chi connectivity index (χ1n) is 11.9. The van der Waals surface area contributed by atoms with Crippen LogP contribution < -0.4 is 19.3 Å². The number of benzene rings is 3. The summed E-state index contributed by atoms with van der Waals surface area (Å²) >= 11 is 0. The van der Waals surface area contributed by atoms with Crippen LogP contribution in [0, 0.1) is 0 Å². The van der Waals surface area contributed by atoms with Crippen LogP contribution in [0.15, 0.2) is 78.4 Å². The number of Topliss-reactive ketones (excluding diaryl/α,β-unsaturated/α-hetero) is 1. The van der Waals surface area contributed by atoms with Crippen molar-refractivity contribution in [3.05, 3.63) is 89.5 Å². The van der Waals surface area contributed by atoms with E-state index < -0.39 is 17.7 Å². The van der Waals surface area contributed by atoms with Gasteiger partial charge in [-0.25, -0.2) is 0 Å². The molecule has 1 saturated heterocycles. The summed E-state index contributed by atoms with van der Waals surface area (Å²) in [5.41, 5.74) is 2.64. The van der Waals surface area contributed by atoms with E-state index in [0.717, 1.165) is 5.69 Å². The molecule has 3 aromatic carbocycles. The number of aliphatic hydroxyl groups excluding tert-OH is 1. The molecule has 0 bridgehead atoms. The van der Waals surface area contributed by atoms with Gasteiger partial charge in [0.15, 0.2) is 0 Å². The SMILES string of the molecule is CCOc1ccc(/C(O)=C2\C(=O)C(=O)N(c3cccc(OCC)c3)C2c2ccc(N(C)C)cc2)cc1. The number of ketones is 1. The lowest BCUT2D eigenvalue weighted by atomic mass is 9.95. The number of carbonyl (C=O) groups is 2. The third-order valence-electron chi connectivity index (χ3n) is 6.02. The quantitative estimate of drug-likeness (QED) is 0.269. The van der Waals surface area contributed by atoms with Crippen molar-refractivity contribution < 1.29 is 24.2 Å². The van der Waals surface area contributed by atoms with Gasteiger partial charge in [-0.15, -0.1) is 0 Å². The van der Waals surface area contributed by atoms with E-state index in [-0.39, 0.29) is 11.3 Å². The summed E-state index contributed by atoms with van der Waals surface area (Å²) in [4.78, 5) is 30.1. The minimum Gasteiger partial charge on any atom is -0.507 e. The van der Waals surface area contributed by atoms with Gasteiger partial charge in [-0.1, -0.05) is 18.2 Å². The van der Waals surface area contributed by atoms with Gasteiger partial charge in [-0.3, -0.25) is 14.5 Å². The molecule has 1 unspecified atom stereocenters. The average Bonchev–Trinajstić information content (AvgIpc) is 3.15. The fraction of sp³-hybridized carbons (Fsp3) is 0.241. The van der Waals surface area contributed by atoms with Gasteiger partial charge in [0.05, 0.1) is 24.8 Å². The van der Waals surface area contributed by atoms with Gasteiger partial charge in [0.25, 0.3) is 11.7 Å². The molecular formula is C29H30N2O5. The number of amides is 1. The number of carbonyl (C=O) groups excluding carboxylic acids is 2. The van der Waals surface area contributed by atoms with Crippen LogP contribution in [0.2, 0.25) is 0 Å². The molecule has 0 radical (unpaired) electrons. The molecule has 3 aromatic rings. The van der Waals surface area contributed by atoms with E-state index in [0.29, 0.717) is 41.5 Å². The summed E-state index contributed by atoms with van der Waals surface area (Å²) in [6.07, 6.45) is 0. The maximum absolute atomic E-state index is 13.4. The molecule has 4 rings (SSSR count). The third kappa shape index (κ3) is 4.77. The van der Waals surface area contributed by atoms with Crippen molar-refractivity contribution >= 4 is 28.8 Å². The smallest absolute Gasteiger partial charge is 0.300 e. The molecule has 7 nitrogen and oxygen atoms in total. The van der Waals surface area contributed by atoms with Crippen molar-refractivity contribution in [1.82, 2.24) is 0 Å². The van der Waals surface area contributed by atoms with Gasteiger partial charge in [-0.05, 0) is 67.9 Å². The molecule has 186 valence electrons. The second-order valence-corrected chi connectivity index (χ2v) is 8.54. The van der Waals surface area contributed by atoms with Gasteiger partial charge in [0.1, 0.15) is 17.3 Å². The highest BCUT2D eigenvalue weighted by Crippen LogP contribution is 2.43. The van der Waals surface area contributed by atoms with Gasteiger partial charge in [-0.2, -0.15) is 0 Å². The third-order valence-corrected chi connectivity index (χ3v) is 6.02. The molecule has 0 spiro atoms. The monoisotopic (exact) mass is 486 g/mol. The van der Waals surface area contributed by atoms with Crippen LogP contribution in [-0.4, -0.2) is 44.1 Å². The Morgan fingerprint density at radius 3 is 2.14 bits per heavy atom. The van der Waals surface area contributed by atoms with Crippen LogP contribution in [0.1, 0.15) is 31.0 Å². The van der Waals surface area contributed by atoms with Crippen LogP contribution in [0.5, 0.6) is 11.5 Å². The highest BCUT2D eigenvalue weighted by atomic mass is 16.5. The van der Waals surface area contributed by atoms with Crippen molar-refractivity contribution in [2.45, 2.75) is 19.9 Å². The normalized spacial score (nSPS) is 16.8. The molecule has 0 aromatic heterocycles. The number of anilines is 2. The molecular weight excluding hydrogens is 456 g/mol. The van der Waals surface area contributed by atoms with E-state index in [1.807, 2.05) is 57.1 Å². The Bertz CT molecular complexity index is 1280. The van der Waals surface area contributed by atoms with Gasteiger partial charge < -0.3 is 19.5 Å². The minimum absolute atomic E-state index is 0.0311. The minimum atomic E-state index is -0.815. The van der Waals surface area contributed by atoms with E-state index in [4.69, 9.17) is 9.47 Å². The van der Waals surface area contributed by atoms with E-state index in [9.17, 15) is 14.7 Å². The molecule has 1 aliphatic rings. The summed E-state index contributed by atoms with van der Waals surface area (Å²) in [7, 11) is 3.87. The zero-order valence-corrected chi connectivity index (χ0v) is 20.9. The summed E-state index contributed by atoms with van der Waals surface area (Å²) < 4.78 is 11.1. The van der Waals surface area contributed by atoms with Crippen molar-refractivity contribution in [3.63, 3.8) is 0 Å².